The van der Waals surface area contributed by atoms with Crippen molar-refractivity contribution in [3.05, 3.63) is 20.8 Å². The summed E-state index contributed by atoms with van der Waals surface area (Å²) in [5.74, 6) is -2.77. The summed E-state index contributed by atoms with van der Waals surface area (Å²) >= 11 is 4.17. The van der Waals surface area contributed by atoms with Gasteiger partial charge >= 0.3 is 0 Å². The van der Waals surface area contributed by atoms with Crippen LogP contribution >= 0.6 is 27.3 Å². The Morgan fingerprint density at radius 3 is 2.67 bits per heavy atom. The number of hydrogen-bond acceptors (Lipinski definition) is 2. The molecule has 0 aliphatic rings. The Bertz CT molecular complexity index is 262. The third-order valence-corrected chi connectivity index (χ3v) is 3.19. The highest BCUT2D eigenvalue weighted by atomic mass is 79.9. The molecule has 1 heterocycles. The Balaban J connectivity index is 2.81. The number of thiophene rings is 1. The van der Waals surface area contributed by atoms with Crippen LogP contribution in [0.15, 0.2) is 15.9 Å². The SMILES string of the molecule is NCCC(F)(F)c1cc(Br)cs1. The standard InChI is InChI=1S/C7H8BrF2NS/c8-5-3-6(12-4-5)7(9,10)1-2-11/h3-4H,1-2,11H2. The fourth-order valence-corrected chi connectivity index (χ4v) is 2.25. The number of nitrogens with two attached hydrogens (primary N) is 1. The highest BCUT2D eigenvalue weighted by Crippen LogP contribution is 2.36. The van der Waals surface area contributed by atoms with Crippen LogP contribution in [0.2, 0.25) is 0 Å². The van der Waals surface area contributed by atoms with Gasteiger partial charge in [0.2, 0.25) is 0 Å². The normalized spacial score (nSPS) is 12.0. The molecule has 0 saturated heterocycles. The molecule has 0 unspecified atom stereocenters. The predicted octanol–water partition coefficient (Wildman–Crippen LogP) is 2.95. The van der Waals surface area contributed by atoms with Crippen molar-refractivity contribution in [1.29, 1.82) is 0 Å². The van der Waals surface area contributed by atoms with E-state index in [2.05, 4.69) is 15.9 Å². The zero-order chi connectivity index (χ0) is 9.19. The first kappa shape index (κ1) is 10.1. The fourth-order valence-electron chi connectivity index (χ4n) is 0.809. The quantitative estimate of drug-likeness (QED) is 0.884. The van der Waals surface area contributed by atoms with Crippen molar-refractivity contribution < 1.29 is 8.78 Å². The van der Waals surface area contributed by atoms with Crippen LogP contribution in [0.1, 0.15) is 11.3 Å². The molecule has 0 spiro atoms. The van der Waals surface area contributed by atoms with Gasteiger partial charge in [-0.25, -0.2) is 8.78 Å². The molecule has 0 aliphatic heterocycles. The van der Waals surface area contributed by atoms with Crippen molar-refractivity contribution in [2.45, 2.75) is 12.3 Å². The Morgan fingerprint density at radius 2 is 2.25 bits per heavy atom. The van der Waals surface area contributed by atoms with Gasteiger partial charge in [0.15, 0.2) is 0 Å². The van der Waals surface area contributed by atoms with E-state index in [-0.39, 0.29) is 17.8 Å². The molecule has 1 nitrogen and oxygen atoms in total. The Kier molecular flexibility index (Phi) is 3.20. The summed E-state index contributed by atoms with van der Waals surface area (Å²) in [4.78, 5) is 0.0693. The monoisotopic (exact) mass is 255 g/mol. The lowest BCUT2D eigenvalue weighted by Gasteiger charge is -2.12. The Morgan fingerprint density at radius 1 is 1.58 bits per heavy atom. The van der Waals surface area contributed by atoms with Gasteiger partial charge in [-0.1, -0.05) is 0 Å². The summed E-state index contributed by atoms with van der Waals surface area (Å²) in [5, 5.41) is 1.64. The summed E-state index contributed by atoms with van der Waals surface area (Å²) < 4.78 is 26.9. The van der Waals surface area contributed by atoms with Crippen LogP contribution in [0.25, 0.3) is 0 Å². The fraction of sp³-hybridized carbons (Fsp3) is 0.429. The predicted molar refractivity (Wildman–Crippen MR) is 49.6 cm³/mol. The second kappa shape index (κ2) is 3.81. The lowest BCUT2D eigenvalue weighted by molar-refractivity contribution is -0.00685. The average Bonchev–Trinajstić information content (AvgIpc) is 2.36. The van der Waals surface area contributed by atoms with E-state index >= 15 is 0 Å². The van der Waals surface area contributed by atoms with Gasteiger partial charge in [0, 0.05) is 16.3 Å². The lowest BCUT2D eigenvalue weighted by atomic mass is 10.2. The van der Waals surface area contributed by atoms with Crippen molar-refractivity contribution in [2.75, 3.05) is 6.54 Å². The number of halogens is 3. The largest absolute Gasteiger partial charge is 0.330 e. The third-order valence-electron chi connectivity index (χ3n) is 1.39. The van der Waals surface area contributed by atoms with E-state index in [0.717, 1.165) is 11.3 Å². The van der Waals surface area contributed by atoms with Gasteiger partial charge in [0.05, 0.1) is 4.88 Å². The van der Waals surface area contributed by atoms with E-state index in [4.69, 9.17) is 5.73 Å². The van der Waals surface area contributed by atoms with Gasteiger partial charge in [-0.05, 0) is 28.5 Å². The minimum absolute atomic E-state index is 0.00250. The van der Waals surface area contributed by atoms with E-state index < -0.39 is 5.92 Å². The number of rotatable bonds is 3. The van der Waals surface area contributed by atoms with Crippen LogP contribution in [-0.4, -0.2) is 6.54 Å². The third kappa shape index (κ3) is 2.24. The first-order valence-electron chi connectivity index (χ1n) is 3.38. The summed E-state index contributed by atoms with van der Waals surface area (Å²) in [7, 11) is 0. The second-order valence-corrected chi connectivity index (χ2v) is 4.20. The molecule has 1 aromatic rings. The zero-order valence-electron chi connectivity index (χ0n) is 6.19. The molecule has 0 bridgehead atoms. The van der Waals surface area contributed by atoms with Crippen LogP contribution in [-0.2, 0) is 5.92 Å². The molecule has 1 aromatic heterocycles. The summed E-state index contributed by atoms with van der Waals surface area (Å²) in [6.07, 6.45) is -0.292. The molecule has 0 fully saturated rings. The first-order chi connectivity index (χ1) is 5.56. The van der Waals surface area contributed by atoms with Crippen molar-refractivity contribution in [3.8, 4) is 0 Å². The van der Waals surface area contributed by atoms with Gasteiger partial charge in [0.1, 0.15) is 0 Å². The van der Waals surface area contributed by atoms with E-state index in [0.29, 0.717) is 4.47 Å². The maximum Gasteiger partial charge on any atom is 0.283 e. The van der Waals surface area contributed by atoms with Crippen LogP contribution < -0.4 is 5.73 Å². The highest BCUT2D eigenvalue weighted by molar-refractivity contribution is 9.10. The van der Waals surface area contributed by atoms with Crippen molar-refractivity contribution in [1.82, 2.24) is 0 Å². The van der Waals surface area contributed by atoms with Crippen molar-refractivity contribution in [2.24, 2.45) is 5.73 Å². The molecule has 0 atom stereocenters. The second-order valence-electron chi connectivity index (χ2n) is 2.37. The molecule has 0 radical (unpaired) electrons. The topological polar surface area (TPSA) is 26.0 Å². The minimum atomic E-state index is -2.77. The molecule has 0 aromatic carbocycles. The van der Waals surface area contributed by atoms with Gasteiger partial charge in [-0.15, -0.1) is 11.3 Å². The zero-order valence-corrected chi connectivity index (χ0v) is 8.59. The van der Waals surface area contributed by atoms with Crippen LogP contribution in [0.4, 0.5) is 8.78 Å². The Labute approximate surface area is 81.7 Å². The van der Waals surface area contributed by atoms with Crippen molar-refractivity contribution >= 4 is 27.3 Å². The van der Waals surface area contributed by atoms with E-state index in [1.165, 1.54) is 6.07 Å². The molecule has 0 saturated carbocycles. The summed E-state index contributed by atoms with van der Waals surface area (Å²) in [6, 6.07) is 1.43. The van der Waals surface area contributed by atoms with Crippen LogP contribution in [0.3, 0.4) is 0 Å². The minimum Gasteiger partial charge on any atom is -0.330 e. The van der Waals surface area contributed by atoms with Crippen LogP contribution in [0.5, 0.6) is 0 Å². The molecular weight excluding hydrogens is 248 g/mol. The van der Waals surface area contributed by atoms with Gasteiger partial charge in [-0.2, -0.15) is 0 Å². The number of hydrogen-bond donors (Lipinski definition) is 1. The molecule has 0 amide bonds. The molecule has 0 aliphatic carbocycles. The van der Waals surface area contributed by atoms with Gasteiger partial charge in [0.25, 0.3) is 5.92 Å². The average molecular weight is 256 g/mol. The molecule has 1 rings (SSSR count). The molecule has 68 valence electrons. The first-order valence-corrected chi connectivity index (χ1v) is 5.06. The molecule has 2 N–H and O–H groups in total. The lowest BCUT2D eigenvalue weighted by Crippen LogP contribution is -2.17. The van der Waals surface area contributed by atoms with Gasteiger partial charge in [-0.3, -0.25) is 0 Å². The molecule has 12 heavy (non-hydrogen) atoms. The summed E-state index contributed by atoms with van der Waals surface area (Å²) in [6.45, 7) is 0.00250. The number of alkyl halides is 2. The smallest absolute Gasteiger partial charge is 0.283 e. The molecule has 5 heteroatoms. The van der Waals surface area contributed by atoms with E-state index in [9.17, 15) is 8.78 Å². The maximum absolute atomic E-state index is 13.1. The van der Waals surface area contributed by atoms with Gasteiger partial charge < -0.3 is 5.73 Å². The Hall–Kier alpha value is -0.0000000000000000833. The van der Waals surface area contributed by atoms with Crippen molar-refractivity contribution in [3.63, 3.8) is 0 Å². The molecular formula is C7H8BrF2NS. The highest BCUT2D eigenvalue weighted by Gasteiger charge is 2.31. The van der Waals surface area contributed by atoms with E-state index in [1.807, 2.05) is 0 Å². The van der Waals surface area contributed by atoms with Crippen LogP contribution in [0, 0.1) is 0 Å². The van der Waals surface area contributed by atoms with E-state index in [1.54, 1.807) is 5.38 Å². The maximum atomic E-state index is 13.1. The summed E-state index contributed by atoms with van der Waals surface area (Å²) in [5.41, 5.74) is 5.07.